The third-order valence-electron chi connectivity index (χ3n) is 2.86. The Bertz CT molecular complexity index is 346. The van der Waals surface area contributed by atoms with Gasteiger partial charge in [0.2, 0.25) is 5.91 Å². The average molecular weight is 234 g/mol. The van der Waals surface area contributed by atoms with E-state index in [9.17, 15) is 4.79 Å². The normalized spacial score (nSPS) is 12.2. The Hall–Kier alpha value is -1.35. The Morgan fingerprint density at radius 3 is 2.53 bits per heavy atom. The number of carbonyl (C=O) groups excluding carboxylic acids is 1. The van der Waals surface area contributed by atoms with E-state index in [0.29, 0.717) is 18.9 Å². The maximum atomic E-state index is 11.7. The van der Waals surface area contributed by atoms with Crippen LogP contribution in [0.5, 0.6) is 0 Å². The summed E-state index contributed by atoms with van der Waals surface area (Å²) < 4.78 is 0. The SMILES string of the molecule is Cc1ccc(NC(=O)CCC(C)CCN)cc1. The van der Waals surface area contributed by atoms with Crippen LogP contribution in [0.15, 0.2) is 24.3 Å². The molecule has 17 heavy (non-hydrogen) atoms. The van der Waals surface area contributed by atoms with Gasteiger partial charge in [-0.25, -0.2) is 0 Å². The summed E-state index contributed by atoms with van der Waals surface area (Å²) in [6.45, 7) is 4.85. The molecule has 0 bridgehead atoms. The van der Waals surface area contributed by atoms with E-state index in [1.807, 2.05) is 31.2 Å². The Balaban J connectivity index is 2.32. The number of aryl methyl sites for hydroxylation is 1. The van der Waals surface area contributed by atoms with Gasteiger partial charge in [-0.05, 0) is 44.4 Å². The van der Waals surface area contributed by atoms with Gasteiger partial charge in [0.25, 0.3) is 0 Å². The molecule has 0 aliphatic carbocycles. The van der Waals surface area contributed by atoms with Crippen molar-refractivity contribution in [3.8, 4) is 0 Å². The first kappa shape index (κ1) is 13.7. The van der Waals surface area contributed by atoms with Crippen LogP contribution in [0.25, 0.3) is 0 Å². The molecule has 0 heterocycles. The molecule has 0 saturated heterocycles. The van der Waals surface area contributed by atoms with Gasteiger partial charge in [-0.2, -0.15) is 0 Å². The number of amides is 1. The molecule has 3 heteroatoms. The highest BCUT2D eigenvalue weighted by atomic mass is 16.1. The molecule has 0 spiro atoms. The van der Waals surface area contributed by atoms with E-state index in [-0.39, 0.29) is 5.91 Å². The molecule has 0 fully saturated rings. The Morgan fingerprint density at radius 1 is 1.29 bits per heavy atom. The van der Waals surface area contributed by atoms with Crippen LogP contribution in [-0.2, 0) is 4.79 Å². The van der Waals surface area contributed by atoms with E-state index in [1.165, 1.54) is 5.56 Å². The number of hydrogen-bond donors (Lipinski definition) is 2. The Labute approximate surface area is 103 Å². The smallest absolute Gasteiger partial charge is 0.224 e. The zero-order chi connectivity index (χ0) is 12.7. The van der Waals surface area contributed by atoms with Crippen molar-refractivity contribution in [3.63, 3.8) is 0 Å². The van der Waals surface area contributed by atoms with Crippen molar-refractivity contribution in [1.82, 2.24) is 0 Å². The third-order valence-corrected chi connectivity index (χ3v) is 2.86. The van der Waals surface area contributed by atoms with Crippen molar-refractivity contribution in [3.05, 3.63) is 29.8 Å². The van der Waals surface area contributed by atoms with E-state index in [4.69, 9.17) is 5.73 Å². The number of nitrogens with two attached hydrogens (primary N) is 1. The Kier molecular flexibility index (Phi) is 5.70. The zero-order valence-corrected chi connectivity index (χ0v) is 10.7. The fraction of sp³-hybridized carbons (Fsp3) is 0.500. The molecule has 1 unspecified atom stereocenters. The minimum Gasteiger partial charge on any atom is -0.330 e. The van der Waals surface area contributed by atoms with Crippen LogP contribution in [-0.4, -0.2) is 12.5 Å². The van der Waals surface area contributed by atoms with E-state index < -0.39 is 0 Å². The lowest BCUT2D eigenvalue weighted by Crippen LogP contribution is -2.14. The van der Waals surface area contributed by atoms with E-state index in [1.54, 1.807) is 0 Å². The molecule has 0 aliphatic rings. The second-order valence-electron chi connectivity index (χ2n) is 4.64. The van der Waals surface area contributed by atoms with Crippen LogP contribution in [0, 0.1) is 12.8 Å². The number of anilines is 1. The lowest BCUT2D eigenvalue weighted by Gasteiger charge is -2.10. The number of hydrogen-bond acceptors (Lipinski definition) is 2. The van der Waals surface area contributed by atoms with Crippen LogP contribution in [0.1, 0.15) is 31.7 Å². The number of nitrogens with one attached hydrogen (secondary N) is 1. The second kappa shape index (κ2) is 7.07. The number of rotatable bonds is 6. The molecule has 3 nitrogen and oxygen atoms in total. The van der Waals surface area contributed by atoms with Gasteiger partial charge in [-0.1, -0.05) is 24.6 Å². The molecule has 0 aromatic heterocycles. The molecule has 3 N–H and O–H groups in total. The number of benzene rings is 1. The molecule has 0 saturated carbocycles. The molecule has 1 amide bonds. The standard InChI is InChI=1S/C14H22N2O/c1-11-3-6-13(7-4-11)16-14(17)8-5-12(2)9-10-15/h3-4,6-7,12H,5,8-10,15H2,1-2H3,(H,16,17). The predicted molar refractivity (Wildman–Crippen MR) is 71.9 cm³/mol. The van der Waals surface area contributed by atoms with Gasteiger partial charge in [0.15, 0.2) is 0 Å². The van der Waals surface area contributed by atoms with Gasteiger partial charge in [0.05, 0.1) is 0 Å². The van der Waals surface area contributed by atoms with Crippen molar-refractivity contribution >= 4 is 11.6 Å². The summed E-state index contributed by atoms with van der Waals surface area (Å²) in [7, 11) is 0. The minimum absolute atomic E-state index is 0.0812. The summed E-state index contributed by atoms with van der Waals surface area (Å²) in [6, 6.07) is 7.84. The van der Waals surface area contributed by atoms with Crippen molar-refractivity contribution in [2.24, 2.45) is 11.7 Å². The molecule has 1 aromatic rings. The quantitative estimate of drug-likeness (QED) is 0.795. The first-order chi connectivity index (χ1) is 8.11. The minimum atomic E-state index is 0.0812. The van der Waals surface area contributed by atoms with Crippen molar-refractivity contribution in [1.29, 1.82) is 0 Å². The van der Waals surface area contributed by atoms with Crippen LogP contribution < -0.4 is 11.1 Å². The Morgan fingerprint density at radius 2 is 1.94 bits per heavy atom. The summed E-state index contributed by atoms with van der Waals surface area (Å²) in [5.74, 6) is 0.599. The van der Waals surface area contributed by atoms with E-state index in [0.717, 1.165) is 18.5 Å². The first-order valence-corrected chi connectivity index (χ1v) is 6.18. The van der Waals surface area contributed by atoms with Crippen molar-refractivity contribution < 1.29 is 4.79 Å². The number of carbonyl (C=O) groups is 1. The monoisotopic (exact) mass is 234 g/mol. The topological polar surface area (TPSA) is 55.1 Å². The van der Waals surface area contributed by atoms with Gasteiger partial charge >= 0.3 is 0 Å². The van der Waals surface area contributed by atoms with Gasteiger partial charge < -0.3 is 11.1 Å². The molecule has 1 aromatic carbocycles. The second-order valence-corrected chi connectivity index (χ2v) is 4.64. The molecular weight excluding hydrogens is 212 g/mol. The van der Waals surface area contributed by atoms with Gasteiger partial charge in [-0.15, -0.1) is 0 Å². The summed E-state index contributed by atoms with van der Waals surface area (Å²) >= 11 is 0. The summed E-state index contributed by atoms with van der Waals surface area (Å²) in [6.07, 6.45) is 2.45. The van der Waals surface area contributed by atoms with Gasteiger partial charge in [-0.3, -0.25) is 4.79 Å². The van der Waals surface area contributed by atoms with E-state index >= 15 is 0 Å². The van der Waals surface area contributed by atoms with Gasteiger partial charge in [0, 0.05) is 12.1 Å². The summed E-state index contributed by atoms with van der Waals surface area (Å²) in [5, 5.41) is 2.90. The highest BCUT2D eigenvalue weighted by Gasteiger charge is 2.06. The molecule has 0 radical (unpaired) electrons. The molecule has 1 rings (SSSR count). The lowest BCUT2D eigenvalue weighted by atomic mass is 10.0. The maximum Gasteiger partial charge on any atom is 0.224 e. The van der Waals surface area contributed by atoms with Crippen LogP contribution in [0.2, 0.25) is 0 Å². The molecule has 94 valence electrons. The maximum absolute atomic E-state index is 11.7. The lowest BCUT2D eigenvalue weighted by molar-refractivity contribution is -0.116. The highest BCUT2D eigenvalue weighted by molar-refractivity contribution is 5.90. The molecule has 0 aliphatic heterocycles. The van der Waals surface area contributed by atoms with E-state index in [2.05, 4.69) is 12.2 Å². The fourth-order valence-corrected chi connectivity index (χ4v) is 1.67. The van der Waals surface area contributed by atoms with Crippen LogP contribution in [0.4, 0.5) is 5.69 Å². The highest BCUT2D eigenvalue weighted by Crippen LogP contribution is 2.12. The summed E-state index contributed by atoms with van der Waals surface area (Å²) in [5.41, 5.74) is 7.53. The predicted octanol–water partition coefficient (Wildman–Crippen LogP) is 2.70. The molecule has 1 atom stereocenters. The van der Waals surface area contributed by atoms with Crippen LogP contribution in [0.3, 0.4) is 0 Å². The van der Waals surface area contributed by atoms with Crippen molar-refractivity contribution in [2.75, 3.05) is 11.9 Å². The third kappa shape index (κ3) is 5.50. The summed E-state index contributed by atoms with van der Waals surface area (Å²) in [4.78, 5) is 11.7. The van der Waals surface area contributed by atoms with Gasteiger partial charge in [0.1, 0.15) is 0 Å². The fourth-order valence-electron chi connectivity index (χ4n) is 1.67. The molecular formula is C14H22N2O. The average Bonchev–Trinajstić information content (AvgIpc) is 2.30. The zero-order valence-electron chi connectivity index (χ0n) is 10.7. The largest absolute Gasteiger partial charge is 0.330 e. The van der Waals surface area contributed by atoms with Crippen molar-refractivity contribution in [2.45, 2.75) is 33.1 Å². The van der Waals surface area contributed by atoms with Crippen LogP contribution >= 0.6 is 0 Å². The first-order valence-electron chi connectivity index (χ1n) is 6.18.